The van der Waals surface area contributed by atoms with Crippen LogP contribution in [0.25, 0.3) is 10.2 Å². The van der Waals surface area contributed by atoms with Gasteiger partial charge in [-0.05, 0) is 44.0 Å². The Labute approximate surface area is 169 Å². The lowest BCUT2D eigenvalue weighted by molar-refractivity contribution is 0.0942. The second-order valence-electron chi connectivity index (χ2n) is 7.38. The third-order valence-corrected chi connectivity index (χ3v) is 5.93. The van der Waals surface area contributed by atoms with Crippen molar-refractivity contribution in [3.8, 4) is 0 Å². The van der Waals surface area contributed by atoms with Crippen LogP contribution >= 0.6 is 11.3 Å². The minimum Gasteiger partial charge on any atom is -0.347 e. The highest BCUT2D eigenvalue weighted by molar-refractivity contribution is 7.19. The standard InChI is InChI=1S/C24H24N2OS/c1-16-7-9-19(10-8-16)15-26-21-12-18(3)28-23(21)13-22(26)24(27)25-14-20-6-4-5-17(2)11-20/h4-13H,14-15H2,1-3H3,(H,25,27). The van der Waals surface area contributed by atoms with Crippen molar-refractivity contribution in [2.45, 2.75) is 33.9 Å². The van der Waals surface area contributed by atoms with Crippen LogP contribution in [0.1, 0.15) is 37.6 Å². The Kier molecular flexibility index (Phi) is 5.05. The molecule has 28 heavy (non-hydrogen) atoms. The molecular weight excluding hydrogens is 364 g/mol. The predicted octanol–water partition coefficient (Wildman–Crippen LogP) is 5.61. The number of aryl methyl sites for hydroxylation is 3. The number of fused-ring (bicyclic) bond motifs is 1. The van der Waals surface area contributed by atoms with Gasteiger partial charge in [0.05, 0.1) is 10.2 Å². The van der Waals surface area contributed by atoms with E-state index < -0.39 is 0 Å². The van der Waals surface area contributed by atoms with E-state index >= 15 is 0 Å². The van der Waals surface area contributed by atoms with Crippen LogP contribution in [0.3, 0.4) is 0 Å². The van der Waals surface area contributed by atoms with Crippen LogP contribution in [-0.4, -0.2) is 10.5 Å². The van der Waals surface area contributed by atoms with Gasteiger partial charge in [0.2, 0.25) is 0 Å². The van der Waals surface area contributed by atoms with Crippen LogP contribution in [0.15, 0.2) is 60.7 Å². The van der Waals surface area contributed by atoms with Gasteiger partial charge in [0.25, 0.3) is 5.91 Å². The summed E-state index contributed by atoms with van der Waals surface area (Å²) >= 11 is 1.73. The molecule has 1 amide bonds. The highest BCUT2D eigenvalue weighted by Gasteiger charge is 2.17. The Hall–Kier alpha value is -2.85. The average molecular weight is 389 g/mol. The Morgan fingerprint density at radius 2 is 1.71 bits per heavy atom. The van der Waals surface area contributed by atoms with E-state index in [9.17, 15) is 4.79 Å². The molecule has 0 aliphatic heterocycles. The molecule has 1 N–H and O–H groups in total. The summed E-state index contributed by atoms with van der Waals surface area (Å²) in [6.07, 6.45) is 0. The zero-order valence-corrected chi connectivity index (χ0v) is 17.3. The number of rotatable bonds is 5. The monoisotopic (exact) mass is 388 g/mol. The first kappa shape index (κ1) is 18.5. The maximum absolute atomic E-state index is 13.0. The third kappa shape index (κ3) is 3.87. The van der Waals surface area contributed by atoms with Gasteiger partial charge in [0, 0.05) is 18.0 Å². The number of aromatic nitrogens is 1. The number of nitrogens with zero attached hydrogens (tertiary/aromatic N) is 1. The fourth-order valence-electron chi connectivity index (χ4n) is 3.49. The SMILES string of the molecule is Cc1ccc(Cn2c(C(=O)NCc3cccc(C)c3)cc3sc(C)cc32)cc1. The number of amides is 1. The maximum atomic E-state index is 13.0. The lowest BCUT2D eigenvalue weighted by atomic mass is 10.1. The predicted molar refractivity (Wildman–Crippen MR) is 117 cm³/mol. The van der Waals surface area contributed by atoms with Crippen molar-refractivity contribution in [2.75, 3.05) is 0 Å². The first-order chi connectivity index (χ1) is 13.5. The van der Waals surface area contributed by atoms with Crippen LogP contribution in [0.5, 0.6) is 0 Å². The van der Waals surface area contributed by atoms with Crippen molar-refractivity contribution in [2.24, 2.45) is 0 Å². The van der Waals surface area contributed by atoms with E-state index in [-0.39, 0.29) is 5.91 Å². The van der Waals surface area contributed by atoms with E-state index in [4.69, 9.17) is 0 Å². The van der Waals surface area contributed by atoms with Crippen LogP contribution in [0.2, 0.25) is 0 Å². The molecule has 0 saturated carbocycles. The zero-order chi connectivity index (χ0) is 19.7. The van der Waals surface area contributed by atoms with Crippen molar-refractivity contribution >= 4 is 27.5 Å². The summed E-state index contributed by atoms with van der Waals surface area (Å²) in [6, 6.07) is 20.9. The van der Waals surface area contributed by atoms with Gasteiger partial charge >= 0.3 is 0 Å². The Balaban J connectivity index is 1.62. The van der Waals surface area contributed by atoms with Crippen LogP contribution in [0.4, 0.5) is 0 Å². The van der Waals surface area contributed by atoms with Gasteiger partial charge in [0.1, 0.15) is 5.69 Å². The van der Waals surface area contributed by atoms with Gasteiger partial charge in [-0.2, -0.15) is 0 Å². The Morgan fingerprint density at radius 3 is 2.46 bits per heavy atom. The van der Waals surface area contributed by atoms with Crippen molar-refractivity contribution in [3.63, 3.8) is 0 Å². The normalized spacial score (nSPS) is 11.1. The second kappa shape index (κ2) is 7.64. The summed E-state index contributed by atoms with van der Waals surface area (Å²) in [5.74, 6) is -0.0327. The minimum absolute atomic E-state index is 0.0327. The Bertz CT molecular complexity index is 1140. The van der Waals surface area contributed by atoms with Gasteiger partial charge in [-0.3, -0.25) is 4.79 Å². The number of benzene rings is 2. The lowest BCUT2D eigenvalue weighted by Crippen LogP contribution is -2.25. The topological polar surface area (TPSA) is 34.0 Å². The van der Waals surface area contributed by atoms with E-state index in [2.05, 4.69) is 73.1 Å². The van der Waals surface area contributed by atoms with Crippen molar-refractivity contribution in [3.05, 3.63) is 93.5 Å². The molecule has 0 atom stereocenters. The first-order valence-electron chi connectivity index (χ1n) is 9.48. The van der Waals surface area contributed by atoms with Gasteiger partial charge < -0.3 is 9.88 Å². The van der Waals surface area contributed by atoms with E-state index in [1.54, 1.807) is 11.3 Å². The van der Waals surface area contributed by atoms with E-state index in [1.165, 1.54) is 21.6 Å². The lowest BCUT2D eigenvalue weighted by Gasteiger charge is -2.12. The summed E-state index contributed by atoms with van der Waals surface area (Å²) < 4.78 is 3.29. The third-order valence-electron chi connectivity index (χ3n) is 4.94. The number of hydrogen-bond donors (Lipinski definition) is 1. The second-order valence-corrected chi connectivity index (χ2v) is 8.67. The molecule has 2 aromatic carbocycles. The molecule has 0 spiro atoms. The maximum Gasteiger partial charge on any atom is 0.268 e. The number of carbonyl (C=O) groups excluding carboxylic acids is 1. The molecule has 0 unspecified atom stereocenters. The van der Waals surface area contributed by atoms with Crippen molar-refractivity contribution < 1.29 is 4.79 Å². The molecule has 2 aromatic heterocycles. The molecule has 0 radical (unpaired) electrons. The van der Waals surface area contributed by atoms with Crippen LogP contribution in [-0.2, 0) is 13.1 Å². The minimum atomic E-state index is -0.0327. The number of carbonyl (C=O) groups is 1. The van der Waals surface area contributed by atoms with Gasteiger partial charge in [-0.15, -0.1) is 11.3 Å². The van der Waals surface area contributed by atoms with E-state index in [0.717, 1.165) is 21.5 Å². The first-order valence-corrected chi connectivity index (χ1v) is 10.3. The molecule has 2 heterocycles. The largest absolute Gasteiger partial charge is 0.347 e. The number of thiophene rings is 1. The summed E-state index contributed by atoms with van der Waals surface area (Å²) in [4.78, 5) is 14.3. The summed E-state index contributed by atoms with van der Waals surface area (Å²) in [5, 5.41) is 3.09. The Morgan fingerprint density at radius 1 is 0.929 bits per heavy atom. The van der Waals surface area contributed by atoms with Gasteiger partial charge in [-0.1, -0.05) is 59.7 Å². The average Bonchev–Trinajstić information content (AvgIpc) is 3.19. The summed E-state index contributed by atoms with van der Waals surface area (Å²) in [6.45, 7) is 7.48. The van der Waals surface area contributed by atoms with Crippen LogP contribution < -0.4 is 5.32 Å². The molecule has 0 aliphatic carbocycles. The quantitative estimate of drug-likeness (QED) is 0.474. The molecule has 0 bridgehead atoms. The van der Waals surface area contributed by atoms with E-state index in [1.807, 2.05) is 18.2 Å². The van der Waals surface area contributed by atoms with Crippen molar-refractivity contribution in [1.82, 2.24) is 9.88 Å². The molecule has 4 rings (SSSR count). The van der Waals surface area contributed by atoms with E-state index in [0.29, 0.717) is 13.1 Å². The number of hydrogen-bond acceptors (Lipinski definition) is 2. The van der Waals surface area contributed by atoms with Gasteiger partial charge in [-0.25, -0.2) is 0 Å². The number of nitrogens with one attached hydrogen (secondary N) is 1. The highest BCUT2D eigenvalue weighted by atomic mass is 32.1. The van der Waals surface area contributed by atoms with Gasteiger partial charge in [0.15, 0.2) is 0 Å². The molecule has 0 saturated heterocycles. The highest BCUT2D eigenvalue weighted by Crippen LogP contribution is 2.29. The fourth-order valence-corrected chi connectivity index (χ4v) is 4.46. The van der Waals surface area contributed by atoms with Crippen LogP contribution in [0, 0.1) is 20.8 Å². The molecule has 4 heteroatoms. The molecule has 0 fully saturated rings. The molecule has 3 nitrogen and oxygen atoms in total. The fraction of sp³-hybridized carbons (Fsp3) is 0.208. The zero-order valence-electron chi connectivity index (χ0n) is 16.5. The molecule has 4 aromatic rings. The molecule has 0 aliphatic rings. The molecule has 142 valence electrons. The smallest absolute Gasteiger partial charge is 0.268 e. The summed E-state index contributed by atoms with van der Waals surface area (Å²) in [5.41, 5.74) is 6.59. The van der Waals surface area contributed by atoms with Crippen molar-refractivity contribution in [1.29, 1.82) is 0 Å². The molecular formula is C24H24N2OS. The summed E-state index contributed by atoms with van der Waals surface area (Å²) in [7, 11) is 0.